The highest BCUT2D eigenvalue weighted by molar-refractivity contribution is 6.30. The largest absolute Gasteiger partial charge is 0.384 e. The van der Waals surface area contributed by atoms with E-state index in [0.29, 0.717) is 52.5 Å². The number of carbonyl (C=O) groups is 2. The fourth-order valence-corrected chi connectivity index (χ4v) is 5.04. The number of nitrogens with zero attached hydrogens (tertiary/aromatic N) is 2. The summed E-state index contributed by atoms with van der Waals surface area (Å²) < 4.78 is 0. The Balaban J connectivity index is 1.89. The maximum atomic E-state index is 13.4. The molecule has 5 rings (SSSR count). The number of allylic oxidation sites excluding steroid dienone is 1. The third kappa shape index (κ3) is 2.24. The molecule has 2 aromatic rings. The molecule has 2 aliphatic heterocycles. The van der Waals surface area contributed by atoms with Gasteiger partial charge in [-0.3, -0.25) is 14.5 Å². The molecule has 6 nitrogen and oxygen atoms in total. The molecule has 0 saturated heterocycles. The van der Waals surface area contributed by atoms with Crippen molar-refractivity contribution in [3.05, 3.63) is 81.8 Å². The summed E-state index contributed by atoms with van der Waals surface area (Å²) in [6.07, 6.45) is 1.52. The van der Waals surface area contributed by atoms with E-state index in [9.17, 15) is 14.9 Å². The van der Waals surface area contributed by atoms with Crippen LogP contribution in [-0.2, 0) is 15.0 Å². The second-order valence-corrected chi connectivity index (χ2v) is 7.97. The Bertz CT molecular complexity index is 1240. The lowest BCUT2D eigenvalue weighted by Gasteiger charge is -2.43. The summed E-state index contributed by atoms with van der Waals surface area (Å²) in [6, 6.07) is 16.4. The Hall–Kier alpha value is -3.56. The first-order chi connectivity index (χ1) is 14.5. The number of amides is 1. The SMILES string of the molecule is N#CC1=C(N)N(c2cccc(Cl)c2)C2=C(C(=O)CCC2)[C@@]12C(=O)Nc1ccccc12. The molecule has 0 saturated carbocycles. The van der Waals surface area contributed by atoms with Crippen molar-refractivity contribution in [1.82, 2.24) is 0 Å². The number of anilines is 2. The second kappa shape index (κ2) is 6.48. The van der Waals surface area contributed by atoms with Crippen LogP contribution < -0.4 is 16.0 Å². The van der Waals surface area contributed by atoms with Crippen LogP contribution in [0.1, 0.15) is 24.8 Å². The normalized spacial score (nSPS) is 22.7. The van der Waals surface area contributed by atoms with E-state index in [4.69, 9.17) is 17.3 Å². The van der Waals surface area contributed by atoms with Crippen molar-refractivity contribution in [1.29, 1.82) is 5.26 Å². The molecule has 1 spiro atoms. The Kier molecular flexibility index (Phi) is 3.99. The average Bonchev–Trinajstić information content (AvgIpc) is 3.01. The fourth-order valence-electron chi connectivity index (χ4n) is 4.86. The first kappa shape index (κ1) is 18.5. The highest BCUT2D eigenvalue weighted by atomic mass is 35.5. The number of hydrogen-bond donors (Lipinski definition) is 2. The smallest absolute Gasteiger partial charge is 0.245 e. The Morgan fingerprint density at radius 2 is 1.93 bits per heavy atom. The minimum absolute atomic E-state index is 0.0546. The van der Waals surface area contributed by atoms with Gasteiger partial charge in [-0.05, 0) is 37.1 Å². The van der Waals surface area contributed by atoms with Gasteiger partial charge in [0.15, 0.2) is 5.78 Å². The molecule has 30 heavy (non-hydrogen) atoms. The van der Waals surface area contributed by atoms with Crippen LogP contribution in [0, 0.1) is 11.3 Å². The van der Waals surface area contributed by atoms with E-state index in [2.05, 4.69) is 11.4 Å². The molecule has 0 unspecified atom stereocenters. The number of benzene rings is 2. The predicted octanol–water partition coefficient (Wildman–Crippen LogP) is 3.75. The van der Waals surface area contributed by atoms with E-state index >= 15 is 0 Å². The van der Waals surface area contributed by atoms with Crippen molar-refractivity contribution in [2.24, 2.45) is 5.73 Å². The summed E-state index contributed by atoms with van der Waals surface area (Å²) in [4.78, 5) is 28.4. The topological polar surface area (TPSA) is 99.2 Å². The number of nitrogens with one attached hydrogen (secondary N) is 1. The molecule has 3 N–H and O–H groups in total. The molecule has 0 aromatic heterocycles. The lowest BCUT2D eigenvalue weighted by atomic mass is 9.64. The number of nitrogens with two attached hydrogens (primary N) is 1. The van der Waals surface area contributed by atoms with Crippen LogP contribution in [0.4, 0.5) is 11.4 Å². The minimum Gasteiger partial charge on any atom is -0.384 e. The molecule has 0 fully saturated rings. The molecule has 2 heterocycles. The number of para-hydroxylation sites is 1. The van der Waals surface area contributed by atoms with Crippen molar-refractivity contribution >= 4 is 34.7 Å². The lowest BCUT2D eigenvalue weighted by molar-refractivity contribution is -0.122. The van der Waals surface area contributed by atoms with Gasteiger partial charge in [0.05, 0.1) is 5.57 Å². The van der Waals surface area contributed by atoms with Crippen LogP contribution in [0.15, 0.2) is 71.2 Å². The first-order valence-electron chi connectivity index (χ1n) is 9.64. The summed E-state index contributed by atoms with van der Waals surface area (Å²) >= 11 is 6.20. The first-order valence-corrected chi connectivity index (χ1v) is 10.0. The number of rotatable bonds is 1. The van der Waals surface area contributed by atoms with Crippen molar-refractivity contribution in [3.8, 4) is 6.07 Å². The summed E-state index contributed by atoms with van der Waals surface area (Å²) in [6.45, 7) is 0. The van der Waals surface area contributed by atoms with Gasteiger partial charge in [-0.2, -0.15) is 5.26 Å². The molecule has 1 atom stereocenters. The third-order valence-corrected chi connectivity index (χ3v) is 6.23. The lowest BCUT2D eigenvalue weighted by Crippen LogP contribution is -2.50. The van der Waals surface area contributed by atoms with Gasteiger partial charge in [-0.15, -0.1) is 0 Å². The zero-order valence-corrected chi connectivity index (χ0v) is 16.7. The van der Waals surface area contributed by atoms with Crippen LogP contribution in [0.25, 0.3) is 0 Å². The number of Topliss-reactive ketones (excluding diaryl/α,β-unsaturated/α-hetero) is 1. The van der Waals surface area contributed by atoms with E-state index in [0.717, 1.165) is 0 Å². The zero-order chi connectivity index (χ0) is 21.0. The van der Waals surface area contributed by atoms with Gasteiger partial charge < -0.3 is 11.1 Å². The van der Waals surface area contributed by atoms with E-state index in [1.165, 1.54) is 0 Å². The molecule has 2 aromatic carbocycles. The van der Waals surface area contributed by atoms with Crippen LogP contribution in [0.5, 0.6) is 0 Å². The van der Waals surface area contributed by atoms with Gasteiger partial charge in [-0.25, -0.2) is 0 Å². The van der Waals surface area contributed by atoms with Crippen molar-refractivity contribution < 1.29 is 9.59 Å². The number of nitriles is 1. The standard InChI is InChI=1S/C23H17ClN4O2/c24-13-5-3-6-14(11-13)28-18-9-4-10-19(29)20(18)23(16(12-25)21(28)26)15-7-1-2-8-17(15)27-22(23)30/h1-3,5-8,11H,4,9-10,26H2,(H,27,30)/t23-/m0/s1. The maximum Gasteiger partial charge on any atom is 0.245 e. The zero-order valence-electron chi connectivity index (χ0n) is 15.9. The van der Waals surface area contributed by atoms with Gasteiger partial charge in [0.25, 0.3) is 0 Å². The highest BCUT2D eigenvalue weighted by Crippen LogP contribution is 2.55. The molecular weight excluding hydrogens is 400 g/mol. The van der Waals surface area contributed by atoms with Crippen LogP contribution in [-0.4, -0.2) is 11.7 Å². The number of carbonyl (C=O) groups excluding carboxylic acids is 2. The Morgan fingerprint density at radius 1 is 1.13 bits per heavy atom. The summed E-state index contributed by atoms with van der Waals surface area (Å²) in [5.74, 6) is -0.424. The van der Waals surface area contributed by atoms with Gasteiger partial charge in [0, 0.05) is 39.7 Å². The molecule has 7 heteroatoms. The fraction of sp³-hybridized carbons (Fsp3) is 0.174. The molecule has 0 radical (unpaired) electrons. The van der Waals surface area contributed by atoms with Gasteiger partial charge in [0.1, 0.15) is 17.3 Å². The summed E-state index contributed by atoms with van der Waals surface area (Å²) in [7, 11) is 0. The van der Waals surface area contributed by atoms with E-state index in [-0.39, 0.29) is 17.2 Å². The Labute approximate surface area is 178 Å². The molecule has 0 bridgehead atoms. The molecular formula is C23H17ClN4O2. The predicted molar refractivity (Wildman–Crippen MR) is 113 cm³/mol. The van der Waals surface area contributed by atoms with Crippen LogP contribution in [0.2, 0.25) is 5.02 Å². The number of fused-ring (bicyclic) bond motifs is 3. The third-order valence-electron chi connectivity index (χ3n) is 6.00. The van der Waals surface area contributed by atoms with E-state index < -0.39 is 11.3 Å². The van der Waals surface area contributed by atoms with Crippen molar-refractivity contribution in [2.75, 3.05) is 10.2 Å². The van der Waals surface area contributed by atoms with E-state index in [1.54, 1.807) is 47.4 Å². The summed E-state index contributed by atoms with van der Waals surface area (Å²) in [5, 5.41) is 13.5. The molecule has 1 amide bonds. The monoisotopic (exact) mass is 416 g/mol. The molecule has 1 aliphatic carbocycles. The average molecular weight is 417 g/mol. The van der Waals surface area contributed by atoms with E-state index in [1.807, 2.05) is 6.07 Å². The molecule has 3 aliphatic rings. The van der Waals surface area contributed by atoms with Crippen molar-refractivity contribution in [2.45, 2.75) is 24.7 Å². The van der Waals surface area contributed by atoms with Gasteiger partial charge in [0.2, 0.25) is 5.91 Å². The van der Waals surface area contributed by atoms with Gasteiger partial charge >= 0.3 is 0 Å². The number of ketones is 1. The Morgan fingerprint density at radius 3 is 2.70 bits per heavy atom. The minimum atomic E-state index is -1.53. The quantitative estimate of drug-likeness (QED) is 0.737. The summed E-state index contributed by atoms with van der Waals surface area (Å²) in [5.41, 5.74) is 7.89. The number of hydrogen-bond acceptors (Lipinski definition) is 5. The molecule has 148 valence electrons. The number of halogens is 1. The van der Waals surface area contributed by atoms with Crippen LogP contribution >= 0.6 is 11.6 Å². The highest BCUT2D eigenvalue weighted by Gasteiger charge is 2.59. The van der Waals surface area contributed by atoms with Crippen molar-refractivity contribution in [3.63, 3.8) is 0 Å². The van der Waals surface area contributed by atoms with Gasteiger partial charge in [-0.1, -0.05) is 35.9 Å². The second-order valence-electron chi connectivity index (χ2n) is 7.54. The van der Waals surface area contributed by atoms with Crippen LogP contribution in [0.3, 0.4) is 0 Å². The maximum absolute atomic E-state index is 13.4.